The predicted octanol–water partition coefficient (Wildman–Crippen LogP) is 6.15. The molecule has 0 unspecified atom stereocenters. The molecule has 2 aromatic rings. The summed E-state index contributed by atoms with van der Waals surface area (Å²) < 4.78 is 11.4. The Labute approximate surface area is 194 Å². The van der Waals surface area contributed by atoms with Gasteiger partial charge in [-0.05, 0) is 58.0 Å². The minimum atomic E-state index is -0.308. The number of nitrogens with one attached hydrogen (secondary N) is 1. The zero-order valence-corrected chi connectivity index (χ0v) is 20.1. The third-order valence-electron chi connectivity index (χ3n) is 4.77. The number of carbonyl (C=O) groups is 1. The van der Waals surface area contributed by atoms with E-state index in [1.807, 2.05) is 0 Å². The minimum Gasteiger partial charge on any atom is -0.493 e. The second-order valence-electron chi connectivity index (χ2n) is 7.60. The van der Waals surface area contributed by atoms with Crippen molar-refractivity contribution in [3.05, 3.63) is 58.1 Å². The standard InChI is InChI=1S/C24H30Cl2N2O3/c1-16(2)28(17(3)4)13-14-31-23-15-18(9-11-22(23)30-5)27-24(29)12-10-19-20(25)7-6-8-21(19)26/h6-12,15-17H,13-14H2,1-5H3,(H,27,29). The molecule has 0 aliphatic carbocycles. The average molecular weight is 465 g/mol. The topological polar surface area (TPSA) is 50.8 Å². The third-order valence-corrected chi connectivity index (χ3v) is 5.43. The fourth-order valence-corrected chi connectivity index (χ4v) is 3.78. The predicted molar refractivity (Wildman–Crippen MR) is 130 cm³/mol. The molecule has 2 aromatic carbocycles. The van der Waals surface area contributed by atoms with Crippen molar-refractivity contribution in [1.29, 1.82) is 0 Å². The van der Waals surface area contributed by atoms with Gasteiger partial charge >= 0.3 is 0 Å². The first-order valence-corrected chi connectivity index (χ1v) is 11.0. The van der Waals surface area contributed by atoms with Crippen molar-refractivity contribution in [1.82, 2.24) is 4.90 Å². The maximum atomic E-state index is 12.4. The molecule has 0 saturated heterocycles. The van der Waals surface area contributed by atoms with Crippen LogP contribution in [0.2, 0.25) is 10.0 Å². The van der Waals surface area contributed by atoms with E-state index in [2.05, 4.69) is 37.9 Å². The van der Waals surface area contributed by atoms with Crippen LogP contribution < -0.4 is 14.8 Å². The van der Waals surface area contributed by atoms with E-state index in [1.165, 1.54) is 6.08 Å². The molecule has 31 heavy (non-hydrogen) atoms. The lowest BCUT2D eigenvalue weighted by Crippen LogP contribution is -2.39. The molecule has 168 valence electrons. The minimum absolute atomic E-state index is 0.308. The number of methoxy groups -OCH3 is 1. The van der Waals surface area contributed by atoms with Gasteiger partial charge < -0.3 is 14.8 Å². The van der Waals surface area contributed by atoms with Gasteiger partial charge in [0.2, 0.25) is 5.91 Å². The molecule has 0 heterocycles. The Morgan fingerprint density at radius 2 is 1.71 bits per heavy atom. The van der Waals surface area contributed by atoms with E-state index in [9.17, 15) is 4.79 Å². The summed E-state index contributed by atoms with van der Waals surface area (Å²) >= 11 is 12.3. The van der Waals surface area contributed by atoms with E-state index in [1.54, 1.807) is 49.6 Å². The number of hydrogen-bond acceptors (Lipinski definition) is 4. The first kappa shape index (κ1) is 25.1. The molecule has 0 saturated carbocycles. The molecule has 0 aromatic heterocycles. The fraction of sp³-hybridized carbons (Fsp3) is 0.375. The molecule has 0 aliphatic rings. The number of amides is 1. The summed E-state index contributed by atoms with van der Waals surface area (Å²) in [5.74, 6) is 0.876. The van der Waals surface area contributed by atoms with Crippen LogP contribution in [0, 0.1) is 0 Å². The highest BCUT2D eigenvalue weighted by Gasteiger charge is 2.14. The van der Waals surface area contributed by atoms with E-state index in [0.717, 1.165) is 6.54 Å². The summed E-state index contributed by atoms with van der Waals surface area (Å²) in [6.07, 6.45) is 2.98. The molecule has 5 nitrogen and oxygen atoms in total. The molecule has 7 heteroatoms. The Morgan fingerprint density at radius 3 is 2.29 bits per heavy atom. The molecule has 0 radical (unpaired) electrons. The number of carbonyl (C=O) groups excluding carboxylic acids is 1. The van der Waals surface area contributed by atoms with Gasteiger partial charge in [-0.1, -0.05) is 29.3 Å². The normalized spacial score (nSPS) is 11.5. The highest BCUT2D eigenvalue weighted by atomic mass is 35.5. The SMILES string of the molecule is COc1ccc(NC(=O)C=Cc2c(Cl)cccc2Cl)cc1OCCN(C(C)C)C(C)C. The highest BCUT2D eigenvalue weighted by molar-refractivity contribution is 6.37. The molecule has 0 fully saturated rings. The number of benzene rings is 2. The van der Waals surface area contributed by atoms with Crippen molar-refractivity contribution in [3.63, 3.8) is 0 Å². The smallest absolute Gasteiger partial charge is 0.248 e. The van der Waals surface area contributed by atoms with Crippen LogP contribution in [-0.2, 0) is 4.79 Å². The summed E-state index contributed by atoms with van der Waals surface area (Å²) in [5, 5.41) is 3.78. The van der Waals surface area contributed by atoms with Crippen molar-refractivity contribution in [3.8, 4) is 11.5 Å². The molecule has 0 atom stereocenters. The third kappa shape index (κ3) is 7.46. The molecule has 0 bridgehead atoms. The fourth-order valence-electron chi connectivity index (χ4n) is 3.25. The van der Waals surface area contributed by atoms with Crippen LogP contribution in [0.5, 0.6) is 11.5 Å². The van der Waals surface area contributed by atoms with Crippen molar-refractivity contribution in [2.24, 2.45) is 0 Å². The van der Waals surface area contributed by atoms with Crippen LogP contribution in [0.4, 0.5) is 5.69 Å². The Hall–Kier alpha value is -2.21. The van der Waals surface area contributed by atoms with E-state index in [0.29, 0.717) is 51.5 Å². The molecular weight excluding hydrogens is 435 g/mol. The summed E-state index contributed by atoms with van der Waals surface area (Å²) in [6.45, 7) is 9.96. The van der Waals surface area contributed by atoms with E-state index >= 15 is 0 Å². The van der Waals surface area contributed by atoms with Gasteiger partial charge in [-0.25, -0.2) is 0 Å². The number of rotatable bonds is 10. The van der Waals surface area contributed by atoms with E-state index in [4.69, 9.17) is 32.7 Å². The Kier molecular flexibility index (Phi) is 9.69. The average Bonchev–Trinajstić information content (AvgIpc) is 2.70. The van der Waals surface area contributed by atoms with Crippen molar-refractivity contribution >= 4 is 40.9 Å². The van der Waals surface area contributed by atoms with Crippen molar-refractivity contribution < 1.29 is 14.3 Å². The van der Waals surface area contributed by atoms with Gasteiger partial charge in [-0.2, -0.15) is 0 Å². The zero-order valence-electron chi connectivity index (χ0n) is 18.6. The van der Waals surface area contributed by atoms with Crippen LogP contribution in [-0.4, -0.2) is 43.2 Å². The molecule has 1 N–H and O–H groups in total. The van der Waals surface area contributed by atoms with Crippen LogP contribution in [0.3, 0.4) is 0 Å². The van der Waals surface area contributed by atoms with Gasteiger partial charge in [-0.15, -0.1) is 0 Å². The largest absolute Gasteiger partial charge is 0.493 e. The number of ether oxygens (including phenoxy) is 2. The van der Waals surface area contributed by atoms with Gasteiger partial charge in [0.25, 0.3) is 0 Å². The number of hydrogen-bond donors (Lipinski definition) is 1. The number of halogens is 2. The summed E-state index contributed by atoms with van der Waals surface area (Å²) in [6, 6.07) is 11.3. The quantitative estimate of drug-likeness (QED) is 0.428. The highest BCUT2D eigenvalue weighted by Crippen LogP contribution is 2.30. The lowest BCUT2D eigenvalue weighted by atomic mass is 10.2. The van der Waals surface area contributed by atoms with Crippen LogP contribution in [0.25, 0.3) is 6.08 Å². The second kappa shape index (κ2) is 12.0. The maximum Gasteiger partial charge on any atom is 0.248 e. The van der Waals surface area contributed by atoms with Gasteiger partial charge in [0, 0.05) is 52.1 Å². The molecule has 0 spiro atoms. The Bertz CT molecular complexity index is 885. The van der Waals surface area contributed by atoms with Gasteiger partial charge in [0.1, 0.15) is 6.61 Å². The van der Waals surface area contributed by atoms with Crippen molar-refractivity contribution in [2.75, 3.05) is 25.6 Å². The van der Waals surface area contributed by atoms with E-state index in [-0.39, 0.29) is 5.91 Å². The van der Waals surface area contributed by atoms with Crippen LogP contribution in [0.15, 0.2) is 42.5 Å². The van der Waals surface area contributed by atoms with Crippen LogP contribution >= 0.6 is 23.2 Å². The zero-order chi connectivity index (χ0) is 23.0. The molecular formula is C24H30Cl2N2O3. The maximum absolute atomic E-state index is 12.4. The summed E-state index contributed by atoms with van der Waals surface area (Å²) in [5.41, 5.74) is 1.19. The number of nitrogens with zero attached hydrogens (tertiary/aromatic N) is 1. The summed E-state index contributed by atoms with van der Waals surface area (Å²) in [4.78, 5) is 14.7. The monoisotopic (exact) mass is 464 g/mol. The first-order valence-electron chi connectivity index (χ1n) is 10.2. The first-order chi connectivity index (χ1) is 14.7. The van der Waals surface area contributed by atoms with Crippen molar-refractivity contribution in [2.45, 2.75) is 39.8 Å². The van der Waals surface area contributed by atoms with Gasteiger partial charge in [-0.3, -0.25) is 9.69 Å². The Morgan fingerprint density at radius 1 is 1.06 bits per heavy atom. The second-order valence-corrected chi connectivity index (χ2v) is 8.41. The lowest BCUT2D eigenvalue weighted by Gasteiger charge is -2.30. The molecule has 2 rings (SSSR count). The lowest BCUT2D eigenvalue weighted by molar-refractivity contribution is -0.111. The van der Waals surface area contributed by atoms with Crippen LogP contribution in [0.1, 0.15) is 33.3 Å². The number of anilines is 1. The van der Waals surface area contributed by atoms with Gasteiger partial charge in [0.05, 0.1) is 7.11 Å². The Balaban J connectivity index is 2.05. The molecule has 1 amide bonds. The van der Waals surface area contributed by atoms with E-state index < -0.39 is 0 Å². The summed E-state index contributed by atoms with van der Waals surface area (Å²) in [7, 11) is 1.59. The molecule has 0 aliphatic heterocycles. The van der Waals surface area contributed by atoms with Gasteiger partial charge in [0.15, 0.2) is 11.5 Å².